The maximum absolute atomic E-state index is 10.4. The van der Waals surface area contributed by atoms with Crippen molar-refractivity contribution in [1.82, 2.24) is 0 Å². The largest absolute Gasteiger partial charge is 0.511 e. The molecule has 2 N–H and O–H groups in total. The zero-order valence-electron chi connectivity index (χ0n) is 8.46. The molecule has 0 aliphatic rings. The van der Waals surface area contributed by atoms with Gasteiger partial charge < -0.3 is 14.9 Å². The van der Waals surface area contributed by atoms with E-state index in [4.69, 9.17) is 5.11 Å². The molecule has 16 heavy (non-hydrogen) atoms. The van der Waals surface area contributed by atoms with Crippen LogP contribution in [0.1, 0.15) is 18.9 Å². The standard InChI is InChI=1S/C10H10Br2O4/c1-2-3-5-8(12)6(11)4-7(9(5)13)16-10(14)15/h4,13H,2-3H2,1H3,(H,14,15). The Bertz CT molecular complexity index is 418. The molecule has 0 atom stereocenters. The van der Waals surface area contributed by atoms with Crippen molar-refractivity contribution in [2.75, 3.05) is 0 Å². The topological polar surface area (TPSA) is 66.8 Å². The Morgan fingerprint density at radius 2 is 2.12 bits per heavy atom. The Hall–Kier alpha value is -0.750. The Morgan fingerprint density at radius 3 is 2.62 bits per heavy atom. The van der Waals surface area contributed by atoms with E-state index in [-0.39, 0.29) is 11.5 Å². The second-order valence-corrected chi connectivity index (χ2v) is 4.76. The number of hydrogen-bond acceptors (Lipinski definition) is 3. The van der Waals surface area contributed by atoms with Gasteiger partial charge in [0, 0.05) is 20.6 Å². The van der Waals surface area contributed by atoms with E-state index in [0.717, 1.165) is 6.42 Å². The molecular weight excluding hydrogens is 344 g/mol. The van der Waals surface area contributed by atoms with Crippen LogP contribution in [-0.4, -0.2) is 16.4 Å². The summed E-state index contributed by atoms with van der Waals surface area (Å²) in [5, 5.41) is 18.3. The van der Waals surface area contributed by atoms with Crippen LogP contribution in [0.2, 0.25) is 0 Å². The molecule has 0 unspecified atom stereocenters. The van der Waals surface area contributed by atoms with E-state index < -0.39 is 6.16 Å². The third-order valence-corrected chi connectivity index (χ3v) is 4.01. The number of hydrogen-bond donors (Lipinski definition) is 2. The van der Waals surface area contributed by atoms with Crippen molar-refractivity contribution in [3.8, 4) is 11.5 Å². The van der Waals surface area contributed by atoms with Crippen LogP contribution < -0.4 is 4.74 Å². The highest BCUT2D eigenvalue weighted by molar-refractivity contribution is 9.13. The lowest BCUT2D eigenvalue weighted by Crippen LogP contribution is -2.04. The van der Waals surface area contributed by atoms with Gasteiger partial charge in [0.1, 0.15) is 0 Å². The summed E-state index contributed by atoms with van der Waals surface area (Å²) in [5.41, 5.74) is 0.633. The second kappa shape index (κ2) is 5.54. The highest BCUT2D eigenvalue weighted by Crippen LogP contribution is 2.41. The van der Waals surface area contributed by atoms with Crippen LogP contribution in [0, 0.1) is 0 Å². The number of ether oxygens (including phenoxy) is 1. The zero-order valence-corrected chi connectivity index (χ0v) is 11.6. The molecule has 0 saturated carbocycles. The summed E-state index contributed by atoms with van der Waals surface area (Å²) in [6.07, 6.45) is 0.00344. The first-order valence-corrected chi connectivity index (χ1v) is 6.16. The normalized spacial score (nSPS) is 10.2. The van der Waals surface area contributed by atoms with Gasteiger partial charge in [0.15, 0.2) is 11.5 Å². The number of carboxylic acid groups (broad SMARTS) is 1. The zero-order chi connectivity index (χ0) is 12.3. The lowest BCUT2D eigenvalue weighted by Gasteiger charge is -2.11. The first-order valence-electron chi connectivity index (χ1n) is 4.58. The van der Waals surface area contributed by atoms with Crippen molar-refractivity contribution in [3.05, 3.63) is 20.6 Å². The Morgan fingerprint density at radius 1 is 1.50 bits per heavy atom. The Kier molecular flexibility index (Phi) is 4.61. The summed E-state index contributed by atoms with van der Waals surface area (Å²) in [5.74, 6) is -0.203. The van der Waals surface area contributed by atoms with Crippen LogP contribution in [0.15, 0.2) is 15.0 Å². The fourth-order valence-corrected chi connectivity index (χ4v) is 2.24. The minimum atomic E-state index is -1.45. The van der Waals surface area contributed by atoms with Gasteiger partial charge in [-0.3, -0.25) is 0 Å². The van der Waals surface area contributed by atoms with Crippen molar-refractivity contribution in [2.45, 2.75) is 19.8 Å². The Balaban J connectivity index is 3.26. The first-order chi connectivity index (χ1) is 7.47. The summed E-state index contributed by atoms with van der Waals surface area (Å²) in [7, 11) is 0. The molecule has 0 amide bonds. The number of aromatic hydroxyl groups is 1. The van der Waals surface area contributed by atoms with E-state index in [1.807, 2.05) is 6.92 Å². The van der Waals surface area contributed by atoms with Crippen LogP contribution >= 0.6 is 31.9 Å². The predicted octanol–water partition coefficient (Wildman–Crippen LogP) is 3.93. The smallest absolute Gasteiger partial charge is 0.504 e. The van der Waals surface area contributed by atoms with Gasteiger partial charge >= 0.3 is 6.16 Å². The molecule has 0 aromatic heterocycles. The SMILES string of the molecule is CCCc1c(O)c(OC(=O)O)cc(Br)c1Br. The molecule has 0 heterocycles. The monoisotopic (exact) mass is 352 g/mol. The number of phenolic OH excluding ortho intramolecular Hbond substituents is 1. The average molecular weight is 354 g/mol. The molecular formula is C10H10Br2O4. The van der Waals surface area contributed by atoms with Gasteiger partial charge in [0.05, 0.1) is 0 Å². The fraction of sp³-hybridized carbons (Fsp3) is 0.300. The van der Waals surface area contributed by atoms with E-state index in [2.05, 4.69) is 36.6 Å². The molecule has 88 valence electrons. The maximum Gasteiger partial charge on any atom is 0.511 e. The lowest BCUT2D eigenvalue weighted by molar-refractivity contribution is 0.142. The third kappa shape index (κ3) is 2.89. The average Bonchev–Trinajstić information content (AvgIpc) is 2.20. The maximum atomic E-state index is 10.4. The molecule has 1 rings (SSSR count). The van der Waals surface area contributed by atoms with Crippen LogP contribution in [0.4, 0.5) is 4.79 Å². The molecule has 0 aliphatic carbocycles. The minimum absolute atomic E-state index is 0.0639. The highest BCUT2D eigenvalue weighted by atomic mass is 79.9. The summed E-state index contributed by atoms with van der Waals surface area (Å²) in [4.78, 5) is 10.4. The number of carbonyl (C=O) groups is 1. The molecule has 1 aromatic rings. The van der Waals surface area contributed by atoms with Gasteiger partial charge in [0.2, 0.25) is 0 Å². The van der Waals surface area contributed by atoms with Crippen molar-refractivity contribution in [3.63, 3.8) is 0 Å². The van der Waals surface area contributed by atoms with Crippen LogP contribution in [0.5, 0.6) is 11.5 Å². The number of halogens is 2. The van der Waals surface area contributed by atoms with E-state index in [1.54, 1.807) is 0 Å². The quantitative estimate of drug-likeness (QED) is 0.638. The van der Waals surface area contributed by atoms with Gasteiger partial charge in [0.25, 0.3) is 0 Å². The van der Waals surface area contributed by atoms with Crippen LogP contribution in [-0.2, 0) is 6.42 Å². The van der Waals surface area contributed by atoms with Gasteiger partial charge in [-0.25, -0.2) is 4.79 Å². The highest BCUT2D eigenvalue weighted by Gasteiger charge is 2.17. The summed E-state index contributed by atoms with van der Waals surface area (Å²) in [6.45, 7) is 1.96. The Labute approximate surface area is 109 Å². The van der Waals surface area contributed by atoms with Gasteiger partial charge in [-0.15, -0.1) is 0 Å². The molecule has 0 fully saturated rings. The number of phenols is 1. The van der Waals surface area contributed by atoms with Crippen molar-refractivity contribution < 1.29 is 19.7 Å². The molecule has 0 saturated heterocycles. The van der Waals surface area contributed by atoms with Gasteiger partial charge in [-0.1, -0.05) is 13.3 Å². The summed E-state index contributed by atoms with van der Waals surface area (Å²) >= 11 is 6.58. The van der Waals surface area contributed by atoms with Crippen molar-refractivity contribution >= 4 is 38.0 Å². The predicted molar refractivity (Wildman–Crippen MR) is 66.2 cm³/mol. The lowest BCUT2D eigenvalue weighted by atomic mass is 10.1. The van der Waals surface area contributed by atoms with E-state index in [9.17, 15) is 9.90 Å². The molecule has 0 spiro atoms. The van der Waals surface area contributed by atoms with Crippen LogP contribution in [0.3, 0.4) is 0 Å². The van der Waals surface area contributed by atoms with E-state index in [1.165, 1.54) is 6.07 Å². The number of benzene rings is 1. The first kappa shape index (κ1) is 13.3. The molecule has 0 bridgehead atoms. The summed E-state index contributed by atoms with van der Waals surface area (Å²) in [6, 6.07) is 1.41. The van der Waals surface area contributed by atoms with Crippen LogP contribution in [0.25, 0.3) is 0 Å². The van der Waals surface area contributed by atoms with Gasteiger partial charge in [-0.2, -0.15) is 0 Å². The van der Waals surface area contributed by atoms with E-state index in [0.29, 0.717) is 20.9 Å². The molecule has 0 aliphatic heterocycles. The molecule has 1 aromatic carbocycles. The van der Waals surface area contributed by atoms with Gasteiger partial charge in [-0.05, 0) is 38.3 Å². The van der Waals surface area contributed by atoms with E-state index >= 15 is 0 Å². The van der Waals surface area contributed by atoms with Crippen molar-refractivity contribution in [1.29, 1.82) is 0 Å². The molecule has 4 nitrogen and oxygen atoms in total. The third-order valence-electron chi connectivity index (χ3n) is 1.95. The number of rotatable bonds is 3. The minimum Gasteiger partial charge on any atom is -0.504 e. The molecule has 0 radical (unpaired) electrons. The molecule has 6 heteroatoms. The van der Waals surface area contributed by atoms with Crippen molar-refractivity contribution in [2.24, 2.45) is 0 Å². The summed E-state index contributed by atoms with van der Waals surface area (Å²) < 4.78 is 5.84. The second-order valence-electron chi connectivity index (χ2n) is 3.12. The fourth-order valence-electron chi connectivity index (χ4n) is 1.29.